The fraction of sp³-hybridized carbons (Fsp3) is 0. The molecule has 4 nitrogen and oxygen atoms in total. The molecule has 3 aromatic rings. The molecule has 2 aromatic carbocycles. The number of pyridine rings is 1. The molecule has 0 amide bonds. The summed E-state index contributed by atoms with van der Waals surface area (Å²) in [4.78, 5) is 15.6. The molecule has 0 unspecified atom stereocenters. The number of fused-ring (bicyclic) bond motifs is 2. The van der Waals surface area contributed by atoms with Crippen LogP contribution in [-0.4, -0.2) is 21.2 Å². The van der Waals surface area contributed by atoms with E-state index in [9.17, 15) is 9.90 Å². The van der Waals surface area contributed by atoms with Crippen molar-refractivity contribution >= 4 is 50.4 Å². The third-order valence-electron chi connectivity index (χ3n) is 2.95. The summed E-state index contributed by atoms with van der Waals surface area (Å²) in [5, 5.41) is 20.4. The Kier molecular flexibility index (Phi) is 2.78. The summed E-state index contributed by atoms with van der Waals surface area (Å²) in [6, 6.07) is 10.2. The number of aromatic hydroxyl groups is 1. The van der Waals surface area contributed by atoms with Crippen LogP contribution in [0.1, 0.15) is 10.4 Å². The molecule has 0 fully saturated rings. The van der Waals surface area contributed by atoms with Gasteiger partial charge in [0.25, 0.3) is 0 Å². The molecule has 0 aliphatic rings. The third kappa shape index (κ3) is 1.99. The summed E-state index contributed by atoms with van der Waals surface area (Å²) in [7, 11) is 0. The molecule has 5 heteroatoms. The monoisotopic (exact) mass is 365 g/mol. The Bertz CT molecular complexity index is 830. The average molecular weight is 365 g/mol. The first kappa shape index (κ1) is 12.2. The van der Waals surface area contributed by atoms with Gasteiger partial charge >= 0.3 is 5.97 Å². The number of carbonyl (C=O) groups is 1. The maximum atomic E-state index is 11.2. The molecule has 0 atom stereocenters. The van der Waals surface area contributed by atoms with E-state index in [0.29, 0.717) is 16.4 Å². The lowest BCUT2D eigenvalue weighted by atomic mass is 10.1. The van der Waals surface area contributed by atoms with E-state index < -0.39 is 5.97 Å². The van der Waals surface area contributed by atoms with Gasteiger partial charge in [-0.2, -0.15) is 0 Å². The van der Waals surface area contributed by atoms with Crippen LogP contribution in [-0.2, 0) is 0 Å². The number of hydrogen-bond acceptors (Lipinski definition) is 3. The molecule has 3 rings (SSSR count). The Balaban J connectivity index is 2.49. The van der Waals surface area contributed by atoms with Crippen LogP contribution >= 0.6 is 22.6 Å². The molecule has 0 aliphatic heterocycles. The number of aromatic nitrogens is 1. The number of halogens is 1. The van der Waals surface area contributed by atoms with E-state index in [-0.39, 0.29) is 11.3 Å². The zero-order chi connectivity index (χ0) is 13.6. The topological polar surface area (TPSA) is 70.4 Å². The number of nitrogens with zero attached hydrogens (tertiary/aromatic N) is 1. The molecule has 0 bridgehead atoms. The Labute approximate surface area is 121 Å². The minimum absolute atomic E-state index is 0.0354. The zero-order valence-corrected chi connectivity index (χ0v) is 11.7. The summed E-state index contributed by atoms with van der Waals surface area (Å²) in [6.45, 7) is 0. The van der Waals surface area contributed by atoms with Gasteiger partial charge < -0.3 is 10.2 Å². The van der Waals surface area contributed by atoms with Gasteiger partial charge in [-0.1, -0.05) is 0 Å². The van der Waals surface area contributed by atoms with Crippen molar-refractivity contribution < 1.29 is 15.0 Å². The van der Waals surface area contributed by atoms with Gasteiger partial charge in [0.1, 0.15) is 5.75 Å². The molecule has 94 valence electrons. The van der Waals surface area contributed by atoms with Gasteiger partial charge in [-0.05, 0) is 59.0 Å². The largest absolute Gasteiger partial charge is 0.507 e. The van der Waals surface area contributed by atoms with Gasteiger partial charge in [0.05, 0.1) is 16.6 Å². The summed E-state index contributed by atoms with van der Waals surface area (Å²) >= 11 is 2.19. The minimum Gasteiger partial charge on any atom is -0.507 e. The highest BCUT2D eigenvalue weighted by Crippen LogP contribution is 2.30. The first-order valence-electron chi connectivity index (χ1n) is 5.51. The number of carboxylic acid groups (broad SMARTS) is 1. The second-order valence-corrected chi connectivity index (χ2v) is 5.40. The number of phenols is 1. The molecular weight excluding hydrogens is 357 g/mol. The molecule has 2 N–H and O–H groups in total. The lowest BCUT2D eigenvalue weighted by Gasteiger charge is -2.06. The lowest BCUT2D eigenvalue weighted by Crippen LogP contribution is -1.99. The molecule has 0 saturated carbocycles. The van der Waals surface area contributed by atoms with E-state index in [1.54, 1.807) is 6.07 Å². The van der Waals surface area contributed by atoms with E-state index in [1.165, 1.54) is 12.1 Å². The average Bonchev–Trinajstić information content (AvgIpc) is 2.37. The van der Waals surface area contributed by atoms with Crippen LogP contribution in [0.15, 0.2) is 36.4 Å². The quantitative estimate of drug-likeness (QED) is 0.512. The summed E-state index contributed by atoms with van der Waals surface area (Å²) in [5.74, 6) is -1.02. The second-order valence-electron chi connectivity index (χ2n) is 4.16. The lowest BCUT2D eigenvalue weighted by molar-refractivity contribution is 0.0699. The molecule has 0 saturated heterocycles. The maximum Gasteiger partial charge on any atom is 0.337 e. The number of hydrogen-bond donors (Lipinski definition) is 2. The van der Waals surface area contributed by atoms with Crippen LogP contribution in [0, 0.1) is 3.57 Å². The molecule has 0 aliphatic carbocycles. The van der Waals surface area contributed by atoms with E-state index in [2.05, 4.69) is 27.6 Å². The van der Waals surface area contributed by atoms with Gasteiger partial charge in [-0.25, -0.2) is 9.78 Å². The Hall–Kier alpha value is -1.89. The highest BCUT2D eigenvalue weighted by Gasteiger charge is 2.13. The molecule has 1 heterocycles. The molecule has 0 spiro atoms. The summed E-state index contributed by atoms with van der Waals surface area (Å²) in [6.07, 6.45) is 0. The Morgan fingerprint density at radius 2 is 1.95 bits per heavy atom. The molecule has 0 radical (unpaired) electrons. The fourth-order valence-electron chi connectivity index (χ4n) is 2.05. The third-order valence-corrected chi connectivity index (χ3v) is 3.62. The fourth-order valence-corrected chi connectivity index (χ4v) is 2.57. The van der Waals surface area contributed by atoms with Crippen LogP contribution in [0.25, 0.3) is 21.8 Å². The normalized spacial score (nSPS) is 11.0. The van der Waals surface area contributed by atoms with Crippen molar-refractivity contribution in [3.63, 3.8) is 0 Å². The summed E-state index contributed by atoms with van der Waals surface area (Å²) < 4.78 is 1.06. The highest BCUT2D eigenvalue weighted by molar-refractivity contribution is 14.1. The van der Waals surface area contributed by atoms with Gasteiger partial charge in [0.15, 0.2) is 0 Å². The van der Waals surface area contributed by atoms with Gasteiger partial charge in [-0.15, -0.1) is 0 Å². The van der Waals surface area contributed by atoms with E-state index in [4.69, 9.17) is 5.11 Å². The van der Waals surface area contributed by atoms with E-state index in [1.807, 2.05) is 18.2 Å². The number of phenolic OH excluding ortho intramolecular Hbond substituents is 1. The predicted molar refractivity (Wildman–Crippen MR) is 80.6 cm³/mol. The van der Waals surface area contributed by atoms with Gasteiger partial charge in [-0.3, -0.25) is 0 Å². The van der Waals surface area contributed by atoms with Crippen LogP contribution in [0.5, 0.6) is 5.75 Å². The van der Waals surface area contributed by atoms with Crippen molar-refractivity contribution in [2.45, 2.75) is 0 Å². The Morgan fingerprint density at radius 3 is 2.68 bits per heavy atom. The number of benzene rings is 2. The number of rotatable bonds is 1. The van der Waals surface area contributed by atoms with Crippen LogP contribution in [0.2, 0.25) is 0 Å². The van der Waals surface area contributed by atoms with Gasteiger partial charge in [0.2, 0.25) is 0 Å². The van der Waals surface area contributed by atoms with E-state index in [0.717, 1.165) is 8.96 Å². The van der Waals surface area contributed by atoms with Crippen molar-refractivity contribution in [1.82, 2.24) is 4.98 Å². The standard InChI is InChI=1S/C14H8INO3/c15-8-1-3-11-7(5-8)6-10-12(17)4-2-9(14(18)19)13(10)16-11/h1-6,17H,(H,18,19). The molecular formula is C14H8INO3. The molecule has 1 aromatic heterocycles. The smallest absolute Gasteiger partial charge is 0.337 e. The zero-order valence-electron chi connectivity index (χ0n) is 9.59. The van der Waals surface area contributed by atoms with Crippen molar-refractivity contribution in [1.29, 1.82) is 0 Å². The van der Waals surface area contributed by atoms with Gasteiger partial charge in [0, 0.05) is 14.3 Å². The van der Waals surface area contributed by atoms with Crippen LogP contribution < -0.4 is 0 Å². The SMILES string of the molecule is O=C(O)c1ccc(O)c2cc3cc(I)ccc3nc12. The predicted octanol–water partition coefficient (Wildman–Crippen LogP) is 3.40. The summed E-state index contributed by atoms with van der Waals surface area (Å²) in [5.41, 5.74) is 1.11. The first-order chi connectivity index (χ1) is 9.06. The highest BCUT2D eigenvalue weighted by atomic mass is 127. The number of aromatic carboxylic acids is 1. The minimum atomic E-state index is -1.05. The van der Waals surface area contributed by atoms with Crippen molar-refractivity contribution in [3.8, 4) is 5.75 Å². The first-order valence-corrected chi connectivity index (χ1v) is 6.59. The van der Waals surface area contributed by atoms with Crippen LogP contribution in [0.4, 0.5) is 0 Å². The second kappa shape index (κ2) is 4.34. The van der Waals surface area contributed by atoms with Crippen molar-refractivity contribution in [2.75, 3.05) is 0 Å². The van der Waals surface area contributed by atoms with Crippen LogP contribution in [0.3, 0.4) is 0 Å². The molecule has 19 heavy (non-hydrogen) atoms. The van der Waals surface area contributed by atoms with E-state index >= 15 is 0 Å². The number of carboxylic acids is 1. The maximum absolute atomic E-state index is 11.2. The Morgan fingerprint density at radius 1 is 1.16 bits per heavy atom. The van der Waals surface area contributed by atoms with Crippen molar-refractivity contribution in [3.05, 3.63) is 45.5 Å². The van der Waals surface area contributed by atoms with Crippen molar-refractivity contribution in [2.24, 2.45) is 0 Å².